The smallest absolute Gasteiger partial charge is 0.115 e. The zero-order chi connectivity index (χ0) is 23.8. The summed E-state index contributed by atoms with van der Waals surface area (Å²) in [4.78, 5) is 2.34. The Morgan fingerprint density at radius 2 is 1.03 bits per heavy atom. The van der Waals surface area contributed by atoms with Gasteiger partial charge in [-0.1, -0.05) is 57.2 Å². The van der Waals surface area contributed by atoms with Crippen molar-refractivity contribution in [3.8, 4) is 11.5 Å². The topological polar surface area (TPSA) is 62.2 Å². The van der Waals surface area contributed by atoms with Gasteiger partial charge in [0.05, 0.1) is 12.1 Å². The molecular weight excluding hydrogens is 414 g/mol. The fourth-order valence-electron chi connectivity index (χ4n) is 4.87. The number of aromatic hydroxyl groups is 2. The normalized spacial score (nSPS) is 23.1. The fourth-order valence-corrected chi connectivity index (χ4v) is 4.87. The van der Waals surface area contributed by atoms with Gasteiger partial charge in [-0.2, -0.15) is 0 Å². The minimum Gasteiger partial charge on any atom is -0.508 e. The quantitative estimate of drug-likeness (QED) is 0.523. The first kappa shape index (κ1) is 23.1. The maximum atomic E-state index is 9.87. The average molecular weight is 448 g/mol. The van der Waals surface area contributed by atoms with E-state index in [1.807, 2.05) is 24.3 Å². The van der Waals surface area contributed by atoms with E-state index in [4.69, 9.17) is 9.47 Å². The van der Waals surface area contributed by atoms with Crippen LogP contribution in [0.1, 0.15) is 49.5 Å². The Balaban J connectivity index is 1.89. The van der Waals surface area contributed by atoms with Crippen molar-refractivity contribution in [2.75, 3.05) is 19.1 Å². The number of phenols is 2. The van der Waals surface area contributed by atoms with Gasteiger partial charge in [0.15, 0.2) is 0 Å². The number of hydrogen-bond acceptors (Lipinski definition) is 5. The predicted octanol–water partition coefficient (Wildman–Crippen LogP) is 5.73. The fraction of sp³-hybridized carbons (Fsp3) is 0.357. The van der Waals surface area contributed by atoms with Crippen LogP contribution >= 0.6 is 0 Å². The Bertz CT molecular complexity index is 996. The summed E-state index contributed by atoms with van der Waals surface area (Å²) in [5.74, 6) is 0.454. The molecule has 1 saturated heterocycles. The first-order valence-electron chi connectivity index (χ1n) is 11.3. The Hall–Kier alpha value is -3.02. The summed E-state index contributed by atoms with van der Waals surface area (Å²) in [5, 5.41) is 19.7. The second-order valence-electron chi connectivity index (χ2n) is 9.68. The van der Waals surface area contributed by atoms with Gasteiger partial charge in [0.1, 0.15) is 23.7 Å². The largest absolute Gasteiger partial charge is 0.508 e. The molecule has 5 nitrogen and oxygen atoms in total. The van der Waals surface area contributed by atoms with Crippen LogP contribution in [-0.2, 0) is 14.9 Å². The molecule has 5 heteroatoms. The molecule has 3 aromatic rings. The van der Waals surface area contributed by atoms with Crippen LogP contribution < -0.4 is 4.90 Å². The molecule has 0 spiro atoms. The molecular formula is C28H33NO4. The second kappa shape index (κ2) is 9.08. The molecule has 1 unspecified atom stereocenters. The molecule has 0 bridgehead atoms. The van der Waals surface area contributed by atoms with Gasteiger partial charge in [0.2, 0.25) is 0 Å². The van der Waals surface area contributed by atoms with Crippen molar-refractivity contribution >= 4 is 5.69 Å². The van der Waals surface area contributed by atoms with Crippen LogP contribution in [0.4, 0.5) is 5.69 Å². The van der Waals surface area contributed by atoms with Crippen molar-refractivity contribution in [2.24, 2.45) is 0 Å². The summed E-state index contributed by atoms with van der Waals surface area (Å²) in [7, 11) is 3.42. The van der Waals surface area contributed by atoms with Gasteiger partial charge in [0.25, 0.3) is 0 Å². The molecule has 0 radical (unpaired) electrons. The summed E-state index contributed by atoms with van der Waals surface area (Å²) in [6.07, 6.45) is -0.499. The molecule has 1 heterocycles. The predicted molar refractivity (Wildman–Crippen MR) is 131 cm³/mol. The van der Waals surface area contributed by atoms with E-state index in [1.54, 1.807) is 38.5 Å². The standard InChI is InChI=1S/C28H33NO4/c1-28(2,3)20-10-12-21(13-11-20)29-24(18-6-14-22(30)15-7-18)26(32-4)27(33-5)25(29)19-8-16-23(31)17-9-19/h6-17,24-27,30-31H,1-5H3/t24-,25?,26+,27+/m0/s1. The van der Waals surface area contributed by atoms with Gasteiger partial charge < -0.3 is 24.6 Å². The Morgan fingerprint density at radius 3 is 1.36 bits per heavy atom. The molecule has 1 aliphatic heterocycles. The van der Waals surface area contributed by atoms with Crippen LogP contribution in [0, 0.1) is 0 Å². The van der Waals surface area contributed by atoms with Gasteiger partial charge in [0, 0.05) is 19.9 Å². The maximum Gasteiger partial charge on any atom is 0.115 e. The van der Waals surface area contributed by atoms with Crippen LogP contribution in [0.2, 0.25) is 0 Å². The number of anilines is 1. The van der Waals surface area contributed by atoms with E-state index in [2.05, 4.69) is 49.9 Å². The molecule has 2 N–H and O–H groups in total. The van der Waals surface area contributed by atoms with Crippen molar-refractivity contribution < 1.29 is 19.7 Å². The van der Waals surface area contributed by atoms with Crippen molar-refractivity contribution in [1.82, 2.24) is 0 Å². The number of ether oxygens (including phenoxy) is 2. The average Bonchev–Trinajstić information content (AvgIpc) is 3.14. The monoisotopic (exact) mass is 447 g/mol. The Labute approximate surface area is 196 Å². The highest BCUT2D eigenvalue weighted by Gasteiger charge is 2.51. The van der Waals surface area contributed by atoms with E-state index in [9.17, 15) is 10.2 Å². The highest BCUT2D eigenvalue weighted by Crippen LogP contribution is 2.49. The van der Waals surface area contributed by atoms with E-state index in [-0.39, 0.29) is 41.2 Å². The Kier molecular flexibility index (Phi) is 6.37. The van der Waals surface area contributed by atoms with E-state index >= 15 is 0 Å². The van der Waals surface area contributed by atoms with Crippen molar-refractivity contribution in [1.29, 1.82) is 0 Å². The molecule has 0 aromatic heterocycles. The molecule has 1 fully saturated rings. The number of benzene rings is 3. The zero-order valence-corrected chi connectivity index (χ0v) is 19.9. The summed E-state index contributed by atoms with van der Waals surface area (Å²) in [6, 6.07) is 23.0. The number of methoxy groups -OCH3 is 2. The van der Waals surface area contributed by atoms with Crippen molar-refractivity contribution in [2.45, 2.75) is 50.5 Å². The molecule has 33 heavy (non-hydrogen) atoms. The summed E-state index contributed by atoms with van der Waals surface area (Å²) in [6.45, 7) is 6.62. The lowest BCUT2D eigenvalue weighted by atomic mass is 9.87. The minimum absolute atomic E-state index is 0.0559. The lowest BCUT2D eigenvalue weighted by Gasteiger charge is -2.34. The van der Waals surface area contributed by atoms with E-state index in [0.717, 1.165) is 16.8 Å². The molecule has 0 amide bonds. The van der Waals surface area contributed by atoms with E-state index < -0.39 is 0 Å². The molecule has 0 aliphatic carbocycles. The van der Waals surface area contributed by atoms with Crippen LogP contribution in [0.15, 0.2) is 72.8 Å². The van der Waals surface area contributed by atoms with Gasteiger partial charge in [-0.15, -0.1) is 0 Å². The Morgan fingerprint density at radius 1 is 0.636 bits per heavy atom. The number of nitrogens with zero attached hydrogens (tertiary/aromatic N) is 1. The van der Waals surface area contributed by atoms with Crippen LogP contribution in [0.25, 0.3) is 0 Å². The number of phenolic OH excluding ortho intramolecular Hbond substituents is 2. The van der Waals surface area contributed by atoms with Gasteiger partial charge in [-0.3, -0.25) is 0 Å². The molecule has 1 aliphatic rings. The van der Waals surface area contributed by atoms with E-state index in [1.165, 1.54) is 5.56 Å². The second-order valence-corrected chi connectivity index (χ2v) is 9.68. The minimum atomic E-state index is -0.249. The lowest BCUT2D eigenvalue weighted by molar-refractivity contribution is -0.0288. The molecule has 174 valence electrons. The SMILES string of the molecule is CO[C@H]1[C@H](OC)C(c2ccc(O)cc2)N(c2ccc(C(C)(C)C)cc2)[C@H]1c1ccc(O)cc1. The third-order valence-corrected chi connectivity index (χ3v) is 6.59. The number of rotatable bonds is 5. The third-order valence-electron chi connectivity index (χ3n) is 6.59. The summed E-state index contributed by atoms with van der Waals surface area (Å²) in [5.41, 5.74) is 4.44. The molecule has 3 aromatic carbocycles. The van der Waals surface area contributed by atoms with E-state index in [0.29, 0.717) is 0 Å². The molecule has 4 rings (SSSR count). The first-order valence-corrected chi connectivity index (χ1v) is 11.3. The third kappa shape index (κ3) is 4.43. The zero-order valence-electron chi connectivity index (χ0n) is 19.9. The van der Waals surface area contributed by atoms with Gasteiger partial charge >= 0.3 is 0 Å². The number of hydrogen-bond donors (Lipinski definition) is 2. The van der Waals surface area contributed by atoms with Crippen LogP contribution in [0.5, 0.6) is 11.5 Å². The maximum absolute atomic E-state index is 9.87. The summed E-state index contributed by atoms with van der Waals surface area (Å²) < 4.78 is 12.1. The molecule has 0 saturated carbocycles. The molecule has 4 atom stereocenters. The van der Waals surface area contributed by atoms with Crippen molar-refractivity contribution in [3.05, 3.63) is 89.5 Å². The van der Waals surface area contributed by atoms with Crippen LogP contribution in [-0.4, -0.2) is 36.6 Å². The summed E-state index contributed by atoms with van der Waals surface area (Å²) >= 11 is 0. The first-order chi connectivity index (χ1) is 15.7. The highest BCUT2D eigenvalue weighted by molar-refractivity contribution is 5.57. The van der Waals surface area contributed by atoms with Gasteiger partial charge in [-0.25, -0.2) is 0 Å². The van der Waals surface area contributed by atoms with Crippen molar-refractivity contribution in [3.63, 3.8) is 0 Å². The lowest BCUT2D eigenvalue weighted by Crippen LogP contribution is -2.31. The highest BCUT2D eigenvalue weighted by atomic mass is 16.5. The van der Waals surface area contributed by atoms with Crippen LogP contribution in [0.3, 0.4) is 0 Å². The van der Waals surface area contributed by atoms with Gasteiger partial charge in [-0.05, 0) is 58.5 Å².